The fourth-order valence-corrected chi connectivity index (χ4v) is 2.94. The Morgan fingerprint density at radius 3 is 2.64 bits per heavy atom. The second-order valence-corrected chi connectivity index (χ2v) is 6.62. The first-order valence-corrected chi connectivity index (χ1v) is 8.82. The molecular weight excluding hydrogens is 317 g/mol. The molecule has 2 nitrogen and oxygen atoms in total. The number of aromatic nitrogens is 1. The quantitative estimate of drug-likeness (QED) is 0.738. The molecule has 1 aromatic carbocycles. The molecule has 5 heteroatoms. The van der Waals surface area contributed by atoms with E-state index in [0.717, 1.165) is 40.9 Å². The van der Waals surface area contributed by atoms with Crippen molar-refractivity contribution in [3.05, 3.63) is 46.9 Å². The van der Waals surface area contributed by atoms with Gasteiger partial charge < -0.3 is 5.32 Å². The molecule has 0 aliphatic carbocycles. The molecule has 133 valence electrons. The van der Waals surface area contributed by atoms with Gasteiger partial charge in [0, 0.05) is 24.2 Å². The van der Waals surface area contributed by atoms with Gasteiger partial charge in [0.15, 0.2) is 7.28 Å². The van der Waals surface area contributed by atoms with Crippen molar-refractivity contribution < 1.29 is 8.78 Å². The van der Waals surface area contributed by atoms with Crippen molar-refractivity contribution in [3.63, 3.8) is 0 Å². The maximum atomic E-state index is 14.1. The minimum absolute atomic E-state index is 0.0896. The highest BCUT2D eigenvalue weighted by Crippen LogP contribution is 2.25. The molecule has 2 aromatic rings. The van der Waals surface area contributed by atoms with Crippen molar-refractivity contribution in [3.8, 4) is 11.3 Å². The van der Waals surface area contributed by atoms with E-state index in [1.54, 1.807) is 6.07 Å². The number of pyridine rings is 1. The average molecular weight is 343 g/mol. The summed E-state index contributed by atoms with van der Waals surface area (Å²) in [6, 6.07) is 7.19. The zero-order valence-electron chi connectivity index (χ0n) is 15.5. The van der Waals surface area contributed by atoms with Crippen LogP contribution in [0.3, 0.4) is 0 Å². The van der Waals surface area contributed by atoms with Crippen molar-refractivity contribution >= 4 is 12.7 Å². The van der Waals surface area contributed by atoms with E-state index in [1.807, 2.05) is 41.2 Å². The molecular formula is C20H26BF2N2. The van der Waals surface area contributed by atoms with Gasteiger partial charge in [0.25, 0.3) is 0 Å². The average Bonchev–Trinajstić information content (AvgIpc) is 2.58. The van der Waals surface area contributed by atoms with Crippen LogP contribution in [-0.4, -0.2) is 32.5 Å². The fraction of sp³-hybridized carbons (Fsp3) is 0.450. The van der Waals surface area contributed by atoms with Gasteiger partial charge in [-0.1, -0.05) is 24.9 Å². The topological polar surface area (TPSA) is 24.9 Å². The summed E-state index contributed by atoms with van der Waals surface area (Å²) in [5.74, 6) is -0.108. The molecule has 1 N–H and O–H groups in total. The van der Waals surface area contributed by atoms with Crippen LogP contribution in [-0.2, 0) is 6.42 Å². The Bertz CT molecular complexity index is 717. The third-order valence-electron chi connectivity index (χ3n) is 4.30. The van der Waals surface area contributed by atoms with Gasteiger partial charge in [-0.15, -0.1) is 0 Å². The van der Waals surface area contributed by atoms with Crippen LogP contribution in [0.1, 0.15) is 36.6 Å². The second kappa shape index (κ2) is 9.09. The molecule has 0 atom stereocenters. The number of nitrogens with zero attached hydrogens (tertiary/aromatic N) is 1. The zero-order valence-corrected chi connectivity index (χ0v) is 15.5. The molecule has 1 heterocycles. The second-order valence-electron chi connectivity index (χ2n) is 6.62. The van der Waals surface area contributed by atoms with Crippen molar-refractivity contribution in [2.24, 2.45) is 0 Å². The predicted molar refractivity (Wildman–Crippen MR) is 102 cm³/mol. The van der Waals surface area contributed by atoms with Crippen molar-refractivity contribution in [2.45, 2.75) is 39.4 Å². The van der Waals surface area contributed by atoms with Crippen LogP contribution >= 0.6 is 0 Å². The number of alkyl halides is 1. The summed E-state index contributed by atoms with van der Waals surface area (Å²) in [4.78, 5) is 4.81. The molecule has 0 amide bonds. The van der Waals surface area contributed by atoms with Gasteiger partial charge in [-0.2, -0.15) is 0 Å². The van der Waals surface area contributed by atoms with E-state index in [4.69, 9.17) is 4.98 Å². The van der Waals surface area contributed by atoms with Crippen LogP contribution in [0.5, 0.6) is 0 Å². The minimum Gasteiger partial charge on any atom is -0.319 e. The molecule has 0 unspecified atom stereocenters. The largest absolute Gasteiger partial charge is 0.319 e. The van der Waals surface area contributed by atoms with E-state index >= 15 is 0 Å². The van der Waals surface area contributed by atoms with E-state index in [1.165, 1.54) is 6.07 Å². The number of aryl methyl sites for hydroxylation is 1. The maximum absolute atomic E-state index is 14.1. The molecule has 2 rings (SSSR count). The van der Waals surface area contributed by atoms with Gasteiger partial charge in [-0.3, -0.25) is 9.37 Å². The highest BCUT2D eigenvalue weighted by atomic mass is 19.1. The van der Waals surface area contributed by atoms with Crippen molar-refractivity contribution in [1.82, 2.24) is 10.3 Å². The Balaban J connectivity index is 2.55. The highest BCUT2D eigenvalue weighted by molar-refractivity contribution is 6.56. The molecule has 1 radical (unpaired) electrons. The zero-order chi connectivity index (χ0) is 18.4. The summed E-state index contributed by atoms with van der Waals surface area (Å²) in [6.07, 6.45) is 1.16. The Kier molecular flexibility index (Phi) is 7.12. The lowest BCUT2D eigenvalue weighted by Gasteiger charge is -2.16. The van der Waals surface area contributed by atoms with Gasteiger partial charge >= 0.3 is 0 Å². The Hall–Kier alpha value is -1.75. The van der Waals surface area contributed by atoms with Gasteiger partial charge in [0.05, 0.1) is 12.4 Å². The van der Waals surface area contributed by atoms with Crippen LogP contribution in [0, 0.1) is 12.7 Å². The summed E-state index contributed by atoms with van der Waals surface area (Å²) >= 11 is 0. The summed E-state index contributed by atoms with van der Waals surface area (Å²) in [7, 11) is 3.80. The Morgan fingerprint density at radius 1 is 1.24 bits per heavy atom. The number of rotatable bonds is 8. The van der Waals surface area contributed by atoms with Crippen LogP contribution in [0.15, 0.2) is 24.3 Å². The normalized spacial score (nSPS) is 11.2. The van der Waals surface area contributed by atoms with E-state index in [0.29, 0.717) is 11.9 Å². The maximum Gasteiger partial charge on any atom is 0.157 e. The number of halogens is 2. The predicted octanol–water partition coefficient (Wildman–Crippen LogP) is 3.80. The van der Waals surface area contributed by atoms with Crippen molar-refractivity contribution in [1.29, 1.82) is 0 Å². The van der Waals surface area contributed by atoms with Gasteiger partial charge in [0.2, 0.25) is 0 Å². The van der Waals surface area contributed by atoms with E-state index < -0.39 is 6.67 Å². The standard InChI is InChI=1S/C20H26BF2N2/c1-13(2)17-12-15(5-6-18(17)23)20-19(21-8-9-22)14(3)11-16(25-20)7-10-24-4/h5-6,11-13,24H,7-10H2,1-4H3. The lowest BCUT2D eigenvalue weighted by Crippen LogP contribution is -2.24. The fourth-order valence-electron chi connectivity index (χ4n) is 2.94. The van der Waals surface area contributed by atoms with E-state index in [9.17, 15) is 8.78 Å². The van der Waals surface area contributed by atoms with E-state index in [2.05, 4.69) is 11.4 Å². The van der Waals surface area contributed by atoms with Gasteiger partial charge in [-0.25, -0.2) is 4.39 Å². The molecule has 0 aliphatic heterocycles. The summed E-state index contributed by atoms with van der Waals surface area (Å²) in [5, 5.41) is 3.13. The van der Waals surface area contributed by atoms with E-state index in [-0.39, 0.29) is 11.7 Å². The van der Waals surface area contributed by atoms with Crippen molar-refractivity contribution in [2.75, 3.05) is 20.3 Å². The van der Waals surface area contributed by atoms with Crippen LogP contribution in [0.2, 0.25) is 6.32 Å². The Morgan fingerprint density at radius 2 is 2.00 bits per heavy atom. The minimum atomic E-state index is -0.402. The number of nitrogens with one attached hydrogen (secondary N) is 1. The van der Waals surface area contributed by atoms with Gasteiger partial charge in [-0.05, 0) is 56.0 Å². The highest BCUT2D eigenvalue weighted by Gasteiger charge is 2.15. The summed E-state index contributed by atoms with van der Waals surface area (Å²) in [5.41, 5.74) is 5.35. The first-order valence-electron chi connectivity index (χ1n) is 8.82. The smallest absolute Gasteiger partial charge is 0.157 e. The lowest BCUT2D eigenvalue weighted by atomic mass is 9.64. The number of likely N-dealkylation sites (N-methyl/N-ethyl adjacent to an activating group) is 1. The molecule has 0 spiro atoms. The molecule has 0 aliphatic rings. The molecule has 1 aromatic heterocycles. The molecule has 0 saturated heterocycles. The Labute approximate surface area is 150 Å². The van der Waals surface area contributed by atoms with Crippen LogP contribution < -0.4 is 10.8 Å². The summed E-state index contributed by atoms with van der Waals surface area (Å²) < 4.78 is 26.8. The third-order valence-corrected chi connectivity index (χ3v) is 4.30. The third kappa shape index (κ3) is 4.88. The summed E-state index contributed by atoms with van der Waals surface area (Å²) in [6.45, 7) is 6.40. The first-order chi connectivity index (χ1) is 12.0. The van der Waals surface area contributed by atoms with Crippen LogP contribution in [0.4, 0.5) is 8.78 Å². The number of benzene rings is 1. The SMILES string of the molecule is CNCCc1cc(C)c([B]CCF)c(-c2ccc(F)c(C(C)C)c2)n1. The molecule has 0 saturated carbocycles. The molecule has 25 heavy (non-hydrogen) atoms. The molecule has 0 bridgehead atoms. The molecule has 0 fully saturated rings. The lowest BCUT2D eigenvalue weighted by molar-refractivity contribution is 0.526. The monoisotopic (exact) mass is 343 g/mol. The number of hydrogen-bond acceptors (Lipinski definition) is 2. The van der Waals surface area contributed by atoms with Gasteiger partial charge in [0.1, 0.15) is 5.82 Å². The first kappa shape index (κ1) is 19.6. The van der Waals surface area contributed by atoms with Crippen LogP contribution in [0.25, 0.3) is 11.3 Å². The number of hydrogen-bond donors (Lipinski definition) is 1.